The maximum absolute atomic E-state index is 12.7. The first-order valence-corrected chi connectivity index (χ1v) is 8.66. The monoisotopic (exact) mass is 340 g/mol. The Labute approximate surface area is 145 Å². The van der Waals surface area contributed by atoms with Crippen LogP contribution in [-0.4, -0.2) is 34.8 Å². The Morgan fingerprint density at radius 1 is 1.20 bits per heavy atom. The lowest BCUT2D eigenvalue weighted by Crippen LogP contribution is -2.38. The predicted molar refractivity (Wildman–Crippen MR) is 91.1 cm³/mol. The number of amides is 2. The molecule has 25 heavy (non-hydrogen) atoms. The summed E-state index contributed by atoms with van der Waals surface area (Å²) in [6.45, 7) is 2.25. The maximum atomic E-state index is 12.7. The van der Waals surface area contributed by atoms with Gasteiger partial charge in [-0.15, -0.1) is 0 Å². The van der Waals surface area contributed by atoms with Gasteiger partial charge in [0.25, 0.3) is 11.8 Å². The molecule has 4 atom stereocenters. The molecule has 3 aliphatic carbocycles. The van der Waals surface area contributed by atoms with Gasteiger partial charge in [-0.25, -0.2) is 0 Å². The second kappa shape index (κ2) is 6.02. The summed E-state index contributed by atoms with van der Waals surface area (Å²) in [5, 5.41) is 14.9. The molecular formula is C19H20N2O4. The molecule has 2 amide bonds. The number of fused-ring (bicyclic) bond motifs is 1. The van der Waals surface area contributed by atoms with Crippen molar-refractivity contribution in [2.45, 2.75) is 19.8 Å². The van der Waals surface area contributed by atoms with Crippen molar-refractivity contribution in [3.05, 3.63) is 35.9 Å². The van der Waals surface area contributed by atoms with Gasteiger partial charge in [0.2, 0.25) is 0 Å². The third kappa shape index (κ3) is 2.52. The largest absolute Gasteiger partial charge is 0.504 e. The van der Waals surface area contributed by atoms with Gasteiger partial charge < -0.3 is 9.84 Å². The van der Waals surface area contributed by atoms with Crippen LogP contribution in [0.15, 0.2) is 35.5 Å². The molecule has 0 radical (unpaired) electrons. The molecule has 5 rings (SSSR count). The third-order valence-electron chi connectivity index (χ3n) is 5.34. The van der Waals surface area contributed by atoms with Crippen molar-refractivity contribution in [3.63, 3.8) is 0 Å². The molecule has 1 aromatic carbocycles. The minimum absolute atomic E-state index is 0.0426. The number of carbonyl (C=O) groups is 2. The summed E-state index contributed by atoms with van der Waals surface area (Å²) in [5.74, 6) is -0.209. The first kappa shape index (κ1) is 15.9. The molecule has 6 nitrogen and oxygen atoms in total. The van der Waals surface area contributed by atoms with Gasteiger partial charge in [-0.3, -0.25) is 9.59 Å². The number of phenolic OH excluding ortho intramolecular Hbond substituents is 1. The molecule has 0 aromatic heterocycles. The minimum atomic E-state index is -0.257. The van der Waals surface area contributed by atoms with Crippen molar-refractivity contribution in [2.24, 2.45) is 28.8 Å². The molecule has 2 bridgehead atoms. The molecule has 1 saturated carbocycles. The Bertz CT molecular complexity index is 754. The molecule has 4 aliphatic rings. The van der Waals surface area contributed by atoms with Crippen LogP contribution in [0.3, 0.4) is 0 Å². The molecule has 1 aliphatic heterocycles. The highest BCUT2D eigenvalue weighted by Gasteiger charge is 2.56. The molecule has 0 unspecified atom stereocenters. The van der Waals surface area contributed by atoms with Crippen molar-refractivity contribution in [2.75, 3.05) is 6.61 Å². The Hall–Kier alpha value is -2.63. The van der Waals surface area contributed by atoms with E-state index in [1.54, 1.807) is 12.1 Å². The summed E-state index contributed by atoms with van der Waals surface area (Å²) in [7, 11) is 0. The number of hydrogen-bond donors (Lipinski definition) is 1. The van der Waals surface area contributed by atoms with Gasteiger partial charge in [-0.1, -0.05) is 12.2 Å². The second-order valence-electron chi connectivity index (χ2n) is 6.73. The van der Waals surface area contributed by atoms with Gasteiger partial charge >= 0.3 is 0 Å². The van der Waals surface area contributed by atoms with Crippen molar-refractivity contribution < 1.29 is 19.4 Å². The summed E-state index contributed by atoms with van der Waals surface area (Å²) in [4.78, 5) is 25.4. The highest BCUT2D eigenvalue weighted by molar-refractivity contribution is 6.06. The number of aromatic hydroxyl groups is 1. The predicted octanol–water partition coefficient (Wildman–Crippen LogP) is 2.32. The first-order valence-electron chi connectivity index (χ1n) is 8.66. The van der Waals surface area contributed by atoms with Crippen LogP contribution in [0, 0.1) is 23.7 Å². The van der Waals surface area contributed by atoms with E-state index in [2.05, 4.69) is 17.3 Å². The number of imide groups is 1. The lowest BCUT2D eigenvalue weighted by Gasteiger charge is -2.37. The van der Waals surface area contributed by atoms with Crippen LogP contribution in [0.1, 0.15) is 25.3 Å². The fourth-order valence-corrected chi connectivity index (χ4v) is 4.18. The number of rotatable bonds is 4. The first-order chi connectivity index (χ1) is 12.1. The number of allylic oxidation sites excluding steroid dienone is 2. The maximum Gasteiger partial charge on any atom is 0.254 e. The molecule has 1 aromatic rings. The number of ether oxygens (including phenoxy) is 1. The SMILES string of the molecule is CCOc1cc(/C=N/N2C(=O)[C@@H]3[C@@H](C2=O)[C@H]2C=C[C@@H]3CC2)ccc1O. The number of benzene rings is 1. The number of hydrogen-bond acceptors (Lipinski definition) is 5. The Balaban J connectivity index is 1.57. The van der Waals surface area contributed by atoms with E-state index in [9.17, 15) is 14.7 Å². The average molecular weight is 340 g/mol. The van der Waals surface area contributed by atoms with Crippen molar-refractivity contribution >= 4 is 18.0 Å². The van der Waals surface area contributed by atoms with E-state index < -0.39 is 0 Å². The van der Waals surface area contributed by atoms with Crippen LogP contribution in [0.25, 0.3) is 0 Å². The van der Waals surface area contributed by atoms with Crippen molar-refractivity contribution in [1.29, 1.82) is 0 Å². The van der Waals surface area contributed by atoms with E-state index >= 15 is 0 Å². The van der Waals surface area contributed by atoms with Crippen LogP contribution in [0.4, 0.5) is 0 Å². The summed E-state index contributed by atoms with van der Waals surface area (Å²) in [6.07, 6.45) is 7.57. The Kier molecular flexibility index (Phi) is 3.82. The summed E-state index contributed by atoms with van der Waals surface area (Å²) >= 11 is 0. The van der Waals surface area contributed by atoms with E-state index in [0.29, 0.717) is 17.9 Å². The standard InChI is InChI=1S/C19H20N2O4/c1-2-25-15-9-11(3-8-14(15)22)10-20-21-18(23)16-12-4-5-13(7-6-12)17(16)19(21)24/h3-5,8-10,12-13,16-17,22H,2,6-7H2,1H3/b20-10+/t12-,13+,16-,17-/m0/s1. The summed E-state index contributed by atoms with van der Waals surface area (Å²) in [5.41, 5.74) is 0.651. The van der Waals surface area contributed by atoms with Gasteiger partial charge in [-0.2, -0.15) is 10.1 Å². The molecular weight excluding hydrogens is 320 g/mol. The summed E-state index contributed by atoms with van der Waals surface area (Å²) < 4.78 is 5.34. The highest BCUT2D eigenvalue weighted by Crippen LogP contribution is 2.49. The van der Waals surface area contributed by atoms with Crippen LogP contribution >= 0.6 is 0 Å². The topological polar surface area (TPSA) is 79.2 Å². The van der Waals surface area contributed by atoms with Gasteiger partial charge in [0.05, 0.1) is 24.7 Å². The fraction of sp³-hybridized carbons (Fsp3) is 0.421. The Morgan fingerprint density at radius 2 is 1.84 bits per heavy atom. The van der Waals surface area contributed by atoms with E-state index in [0.717, 1.165) is 17.9 Å². The van der Waals surface area contributed by atoms with E-state index in [4.69, 9.17) is 4.74 Å². The van der Waals surface area contributed by atoms with Crippen molar-refractivity contribution in [1.82, 2.24) is 5.01 Å². The van der Waals surface area contributed by atoms with Gasteiger partial charge in [0.15, 0.2) is 11.5 Å². The van der Waals surface area contributed by atoms with Gasteiger partial charge in [0, 0.05) is 0 Å². The number of phenols is 1. The van der Waals surface area contributed by atoms with Crippen LogP contribution < -0.4 is 4.74 Å². The van der Waals surface area contributed by atoms with Gasteiger partial charge in [-0.05, 0) is 55.4 Å². The Morgan fingerprint density at radius 3 is 2.40 bits per heavy atom. The van der Waals surface area contributed by atoms with E-state index in [1.807, 2.05) is 6.92 Å². The third-order valence-corrected chi connectivity index (χ3v) is 5.34. The molecule has 130 valence electrons. The second-order valence-corrected chi connectivity index (χ2v) is 6.73. The quantitative estimate of drug-likeness (QED) is 0.518. The summed E-state index contributed by atoms with van der Waals surface area (Å²) in [6, 6.07) is 4.79. The lowest BCUT2D eigenvalue weighted by molar-refractivity contribution is -0.140. The molecule has 1 N–H and O–H groups in total. The smallest absolute Gasteiger partial charge is 0.254 e. The molecule has 0 spiro atoms. The number of nitrogens with zero attached hydrogens (tertiary/aromatic N) is 2. The zero-order valence-electron chi connectivity index (χ0n) is 14.0. The van der Waals surface area contributed by atoms with Crippen LogP contribution in [0.5, 0.6) is 11.5 Å². The zero-order chi connectivity index (χ0) is 17.6. The number of hydrazone groups is 1. The lowest BCUT2D eigenvalue weighted by atomic mass is 9.63. The highest BCUT2D eigenvalue weighted by atomic mass is 16.5. The van der Waals surface area contributed by atoms with E-state index in [-0.39, 0.29) is 41.2 Å². The average Bonchev–Trinajstić information content (AvgIpc) is 2.90. The zero-order valence-corrected chi connectivity index (χ0v) is 14.0. The van der Waals surface area contributed by atoms with Crippen LogP contribution in [-0.2, 0) is 9.59 Å². The van der Waals surface area contributed by atoms with Crippen LogP contribution in [0.2, 0.25) is 0 Å². The minimum Gasteiger partial charge on any atom is -0.504 e. The molecule has 6 heteroatoms. The van der Waals surface area contributed by atoms with Crippen molar-refractivity contribution in [3.8, 4) is 11.5 Å². The molecule has 2 fully saturated rings. The fourth-order valence-electron chi connectivity index (χ4n) is 4.18. The normalized spacial score (nSPS) is 30.4. The molecule has 1 heterocycles. The van der Waals surface area contributed by atoms with Gasteiger partial charge in [0.1, 0.15) is 0 Å². The van der Waals surface area contributed by atoms with E-state index in [1.165, 1.54) is 12.3 Å². The molecule has 1 saturated heterocycles. The number of carbonyl (C=O) groups excluding carboxylic acids is 2.